The Labute approximate surface area is 91.6 Å². The molecule has 1 saturated carbocycles. The first kappa shape index (κ1) is 10.1. The van der Waals surface area contributed by atoms with E-state index in [-0.39, 0.29) is 11.9 Å². The molecule has 1 nitrogen and oxygen atoms in total. The minimum Gasteiger partial charge on any atom is -0.328 e. The van der Waals surface area contributed by atoms with Crippen molar-refractivity contribution in [3.63, 3.8) is 0 Å². The molecule has 1 aromatic carbocycles. The van der Waals surface area contributed by atoms with Crippen LogP contribution in [0.2, 0.25) is 0 Å². The molecule has 14 heavy (non-hydrogen) atoms. The Balaban J connectivity index is 2.27. The maximum absolute atomic E-state index is 13.5. The molecular weight excluding hydrogens is 245 g/mol. The Morgan fingerprint density at radius 3 is 2.79 bits per heavy atom. The number of rotatable bonds is 1. The molecule has 0 spiro atoms. The van der Waals surface area contributed by atoms with Gasteiger partial charge in [-0.25, -0.2) is 4.39 Å². The van der Waals surface area contributed by atoms with Gasteiger partial charge in [0.1, 0.15) is 5.82 Å². The van der Waals surface area contributed by atoms with E-state index in [4.69, 9.17) is 5.73 Å². The fourth-order valence-corrected chi connectivity index (χ4v) is 2.51. The first-order chi connectivity index (χ1) is 6.66. The Bertz CT molecular complexity index is 340. The molecule has 76 valence electrons. The number of hydrogen-bond donors (Lipinski definition) is 1. The number of halogens is 2. The fourth-order valence-electron chi connectivity index (χ4n) is 2.13. The van der Waals surface area contributed by atoms with E-state index >= 15 is 0 Å². The topological polar surface area (TPSA) is 26.0 Å². The van der Waals surface area contributed by atoms with Crippen molar-refractivity contribution in [2.45, 2.75) is 31.2 Å². The second kappa shape index (κ2) is 3.99. The molecule has 1 aromatic rings. The average Bonchev–Trinajstić information content (AvgIpc) is 2.56. The summed E-state index contributed by atoms with van der Waals surface area (Å²) in [6.45, 7) is 0. The van der Waals surface area contributed by atoms with Crippen molar-refractivity contribution in [1.29, 1.82) is 0 Å². The summed E-state index contributed by atoms with van der Waals surface area (Å²) in [6, 6.07) is 5.37. The minimum atomic E-state index is -0.104. The highest BCUT2D eigenvalue weighted by Crippen LogP contribution is 2.35. The van der Waals surface area contributed by atoms with Crippen molar-refractivity contribution in [3.8, 4) is 0 Å². The molecule has 2 N–H and O–H groups in total. The van der Waals surface area contributed by atoms with Crippen molar-refractivity contribution in [2.75, 3.05) is 0 Å². The molecule has 2 atom stereocenters. The van der Waals surface area contributed by atoms with Gasteiger partial charge in [-0.15, -0.1) is 0 Å². The Kier molecular flexibility index (Phi) is 2.88. The molecule has 0 amide bonds. The SMILES string of the molecule is NC1CCC(c2cc(Br)ccc2F)C1. The molecule has 0 bridgehead atoms. The fraction of sp³-hybridized carbons (Fsp3) is 0.455. The summed E-state index contributed by atoms with van der Waals surface area (Å²) < 4.78 is 14.4. The van der Waals surface area contributed by atoms with E-state index in [0.717, 1.165) is 29.3 Å². The molecule has 1 fully saturated rings. The van der Waals surface area contributed by atoms with E-state index in [0.29, 0.717) is 5.92 Å². The average molecular weight is 258 g/mol. The normalized spacial score (nSPS) is 26.8. The van der Waals surface area contributed by atoms with Crippen LogP contribution in [0.5, 0.6) is 0 Å². The number of benzene rings is 1. The van der Waals surface area contributed by atoms with Gasteiger partial charge in [-0.1, -0.05) is 15.9 Å². The highest BCUT2D eigenvalue weighted by Gasteiger charge is 2.25. The second-order valence-corrected chi connectivity index (χ2v) is 4.85. The summed E-state index contributed by atoms with van der Waals surface area (Å²) in [7, 11) is 0. The van der Waals surface area contributed by atoms with Crippen LogP contribution in [-0.2, 0) is 0 Å². The molecule has 0 aromatic heterocycles. The summed E-state index contributed by atoms with van der Waals surface area (Å²) in [4.78, 5) is 0. The van der Waals surface area contributed by atoms with Crippen LogP contribution >= 0.6 is 15.9 Å². The van der Waals surface area contributed by atoms with Crippen LogP contribution in [0, 0.1) is 5.82 Å². The molecular formula is C11H13BrFN. The van der Waals surface area contributed by atoms with E-state index in [9.17, 15) is 4.39 Å². The Morgan fingerprint density at radius 1 is 1.36 bits per heavy atom. The van der Waals surface area contributed by atoms with E-state index in [1.807, 2.05) is 6.07 Å². The van der Waals surface area contributed by atoms with Crippen LogP contribution in [0.1, 0.15) is 30.7 Å². The molecule has 0 saturated heterocycles. The predicted molar refractivity (Wildman–Crippen MR) is 58.7 cm³/mol. The Morgan fingerprint density at radius 2 is 2.14 bits per heavy atom. The predicted octanol–water partition coefficient (Wildman–Crippen LogP) is 3.18. The number of nitrogens with two attached hydrogens (primary N) is 1. The van der Waals surface area contributed by atoms with Gasteiger partial charge in [0.05, 0.1) is 0 Å². The van der Waals surface area contributed by atoms with Crippen molar-refractivity contribution in [3.05, 3.63) is 34.1 Å². The van der Waals surface area contributed by atoms with Crippen LogP contribution in [0.25, 0.3) is 0 Å². The van der Waals surface area contributed by atoms with Crippen LogP contribution in [-0.4, -0.2) is 6.04 Å². The summed E-state index contributed by atoms with van der Waals surface area (Å²) in [5.41, 5.74) is 6.63. The third-order valence-electron chi connectivity index (χ3n) is 2.87. The van der Waals surface area contributed by atoms with Crippen LogP contribution in [0.3, 0.4) is 0 Å². The maximum Gasteiger partial charge on any atom is 0.126 e. The highest BCUT2D eigenvalue weighted by atomic mass is 79.9. The van der Waals surface area contributed by atoms with Crippen molar-refractivity contribution < 1.29 is 4.39 Å². The lowest BCUT2D eigenvalue weighted by Gasteiger charge is -2.11. The first-order valence-electron chi connectivity index (χ1n) is 4.87. The maximum atomic E-state index is 13.5. The van der Waals surface area contributed by atoms with Gasteiger partial charge < -0.3 is 5.73 Å². The monoisotopic (exact) mass is 257 g/mol. The highest BCUT2D eigenvalue weighted by molar-refractivity contribution is 9.10. The quantitative estimate of drug-likeness (QED) is 0.822. The smallest absolute Gasteiger partial charge is 0.126 e. The molecule has 1 aliphatic rings. The van der Waals surface area contributed by atoms with Crippen LogP contribution in [0.15, 0.2) is 22.7 Å². The first-order valence-corrected chi connectivity index (χ1v) is 5.66. The van der Waals surface area contributed by atoms with E-state index in [1.165, 1.54) is 6.07 Å². The van der Waals surface area contributed by atoms with E-state index in [1.54, 1.807) is 6.07 Å². The van der Waals surface area contributed by atoms with Gasteiger partial charge >= 0.3 is 0 Å². The summed E-state index contributed by atoms with van der Waals surface area (Å²) in [5, 5.41) is 0. The summed E-state index contributed by atoms with van der Waals surface area (Å²) >= 11 is 3.36. The van der Waals surface area contributed by atoms with Gasteiger partial charge in [-0.3, -0.25) is 0 Å². The van der Waals surface area contributed by atoms with E-state index < -0.39 is 0 Å². The molecule has 3 heteroatoms. The van der Waals surface area contributed by atoms with Gasteiger partial charge in [-0.2, -0.15) is 0 Å². The Hall–Kier alpha value is -0.410. The van der Waals surface area contributed by atoms with Gasteiger partial charge in [0, 0.05) is 10.5 Å². The lowest BCUT2D eigenvalue weighted by Crippen LogP contribution is -2.14. The second-order valence-electron chi connectivity index (χ2n) is 3.94. The van der Waals surface area contributed by atoms with Crippen molar-refractivity contribution in [1.82, 2.24) is 0 Å². The van der Waals surface area contributed by atoms with Crippen molar-refractivity contribution >= 4 is 15.9 Å². The molecule has 1 aliphatic carbocycles. The largest absolute Gasteiger partial charge is 0.328 e. The van der Waals surface area contributed by atoms with Crippen LogP contribution in [0.4, 0.5) is 4.39 Å². The zero-order valence-electron chi connectivity index (χ0n) is 7.84. The summed E-state index contributed by atoms with van der Waals surface area (Å²) in [6.07, 6.45) is 2.93. The van der Waals surface area contributed by atoms with Gasteiger partial charge in [-0.05, 0) is 48.9 Å². The van der Waals surface area contributed by atoms with Gasteiger partial charge in [0.2, 0.25) is 0 Å². The lowest BCUT2D eigenvalue weighted by molar-refractivity contribution is 0.576. The standard InChI is InChI=1S/C11H13BrFN/c12-8-2-4-11(13)10(6-8)7-1-3-9(14)5-7/h2,4,6-7,9H,1,3,5,14H2. The molecule has 0 heterocycles. The molecule has 0 aliphatic heterocycles. The number of hydrogen-bond acceptors (Lipinski definition) is 1. The zero-order valence-corrected chi connectivity index (χ0v) is 9.43. The summed E-state index contributed by atoms with van der Waals surface area (Å²) in [5.74, 6) is 0.204. The molecule has 2 rings (SSSR count). The third-order valence-corrected chi connectivity index (χ3v) is 3.36. The van der Waals surface area contributed by atoms with Gasteiger partial charge in [0.15, 0.2) is 0 Å². The van der Waals surface area contributed by atoms with Gasteiger partial charge in [0.25, 0.3) is 0 Å². The van der Waals surface area contributed by atoms with Crippen molar-refractivity contribution in [2.24, 2.45) is 5.73 Å². The third kappa shape index (κ3) is 1.98. The molecule has 0 radical (unpaired) electrons. The van der Waals surface area contributed by atoms with E-state index in [2.05, 4.69) is 15.9 Å². The lowest BCUT2D eigenvalue weighted by atomic mass is 9.97. The minimum absolute atomic E-state index is 0.104. The zero-order chi connectivity index (χ0) is 10.1. The molecule has 2 unspecified atom stereocenters. The van der Waals surface area contributed by atoms with Crippen LogP contribution < -0.4 is 5.73 Å².